The summed E-state index contributed by atoms with van der Waals surface area (Å²) in [5.41, 5.74) is 0.908. The number of rotatable bonds is 3. The highest BCUT2D eigenvalue weighted by molar-refractivity contribution is 6.30. The lowest BCUT2D eigenvalue weighted by Crippen LogP contribution is -2.09. The van der Waals surface area contributed by atoms with Gasteiger partial charge in [-0.25, -0.2) is 0 Å². The Hall–Kier alpha value is -1.35. The first-order valence-electron chi connectivity index (χ1n) is 6.90. The summed E-state index contributed by atoms with van der Waals surface area (Å²) in [4.78, 5) is 4.48. The zero-order valence-electron chi connectivity index (χ0n) is 10.8. The molecule has 0 bridgehead atoms. The molecule has 19 heavy (non-hydrogen) atoms. The topological polar surface area (TPSA) is 38.9 Å². The molecule has 1 fully saturated rings. The third-order valence-electron chi connectivity index (χ3n) is 3.74. The van der Waals surface area contributed by atoms with Gasteiger partial charge in [-0.1, -0.05) is 48.2 Å². The van der Waals surface area contributed by atoms with Gasteiger partial charge >= 0.3 is 0 Å². The Bertz CT molecular complexity index is 547. The first kappa shape index (κ1) is 12.7. The van der Waals surface area contributed by atoms with E-state index in [1.807, 2.05) is 24.3 Å². The molecule has 1 aliphatic rings. The molecule has 3 rings (SSSR count). The van der Waals surface area contributed by atoms with Crippen LogP contribution in [0.5, 0.6) is 0 Å². The minimum atomic E-state index is 0.633. The predicted molar refractivity (Wildman–Crippen MR) is 75.0 cm³/mol. The van der Waals surface area contributed by atoms with Crippen LogP contribution >= 0.6 is 11.6 Å². The van der Waals surface area contributed by atoms with Crippen molar-refractivity contribution in [1.82, 2.24) is 10.1 Å². The summed E-state index contributed by atoms with van der Waals surface area (Å²) in [6.45, 7) is 0. The van der Waals surface area contributed by atoms with E-state index in [4.69, 9.17) is 16.1 Å². The zero-order chi connectivity index (χ0) is 13.1. The number of nitrogens with zero attached hydrogens (tertiary/aromatic N) is 2. The number of aromatic nitrogens is 2. The monoisotopic (exact) mass is 276 g/mol. The third-order valence-corrected chi connectivity index (χ3v) is 3.97. The molecule has 0 amide bonds. The van der Waals surface area contributed by atoms with Crippen LogP contribution in [0.15, 0.2) is 28.8 Å². The van der Waals surface area contributed by atoms with E-state index in [0.29, 0.717) is 16.8 Å². The minimum absolute atomic E-state index is 0.633. The van der Waals surface area contributed by atoms with Gasteiger partial charge in [-0.15, -0.1) is 0 Å². The molecule has 0 unspecified atom stereocenters. The standard InChI is InChI=1S/C15H17ClN2O/c16-13-8-4-7-12(10-13)15-17-14(19-18-15)9-11-5-2-1-3-6-11/h4,7-8,10-11H,1-3,5-6,9H2. The van der Waals surface area contributed by atoms with Crippen molar-refractivity contribution in [2.45, 2.75) is 38.5 Å². The highest BCUT2D eigenvalue weighted by Crippen LogP contribution is 2.27. The van der Waals surface area contributed by atoms with Crippen LogP contribution < -0.4 is 0 Å². The maximum absolute atomic E-state index is 5.97. The minimum Gasteiger partial charge on any atom is -0.339 e. The average Bonchev–Trinajstić information content (AvgIpc) is 2.88. The lowest BCUT2D eigenvalue weighted by Gasteiger charge is -2.19. The molecule has 0 atom stereocenters. The van der Waals surface area contributed by atoms with Gasteiger partial charge in [0.1, 0.15) is 0 Å². The van der Waals surface area contributed by atoms with E-state index in [-0.39, 0.29) is 0 Å². The maximum Gasteiger partial charge on any atom is 0.227 e. The SMILES string of the molecule is Clc1cccc(-c2noc(CC3CCCCC3)n2)c1. The number of hydrogen-bond donors (Lipinski definition) is 0. The van der Waals surface area contributed by atoms with Gasteiger partial charge in [0.2, 0.25) is 11.7 Å². The van der Waals surface area contributed by atoms with Crippen molar-refractivity contribution in [1.29, 1.82) is 0 Å². The Morgan fingerprint density at radius 2 is 2.05 bits per heavy atom. The second-order valence-electron chi connectivity index (χ2n) is 5.23. The van der Waals surface area contributed by atoms with Crippen molar-refractivity contribution in [3.05, 3.63) is 35.2 Å². The summed E-state index contributed by atoms with van der Waals surface area (Å²) >= 11 is 5.97. The van der Waals surface area contributed by atoms with E-state index < -0.39 is 0 Å². The van der Waals surface area contributed by atoms with Crippen molar-refractivity contribution in [3.8, 4) is 11.4 Å². The summed E-state index contributed by atoms with van der Waals surface area (Å²) in [5.74, 6) is 2.09. The third kappa shape index (κ3) is 3.16. The second-order valence-corrected chi connectivity index (χ2v) is 5.67. The molecule has 100 valence electrons. The van der Waals surface area contributed by atoms with Gasteiger partial charge < -0.3 is 4.52 Å². The van der Waals surface area contributed by atoms with Crippen molar-refractivity contribution in [2.24, 2.45) is 5.92 Å². The molecule has 0 radical (unpaired) electrons. The van der Waals surface area contributed by atoms with Crippen molar-refractivity contribution in [3.63, 3.8) is 0 Å². The normalized spacial score (nSPS) is 16.7. The number of hydrogen-bond acceptors (Lipinski definition) is 3. The van der Waals surface area contributed by atoms with Gasteiger partial charge in [0, 0.05) is 17.0 Å². The molecule has 0 spiro atoms. The lowest BCUT2D eigenvalue weighted by atomic mass is 9.87. The van der Waals surface area contributed by atoms with Crippen molar-refractivity contribution >= 4 is 11.6 Å². The van der Waals surface area contributed by atoms with E-state index in [2.05, 4.69) is 10.1 Å². The van der Waals surface area contributed by atoms with Crippen LogP contribution in [0.25, 0.3) is 11.4 Å². The van der Waals surface area contributed by atoms with Gasteiger partial charge in [-0.05, 0) is 30.9 Å². The second kappa shape index (κ2) is 5.74. The predicted octanol–water partition coefficient (Wildman–Crippen LogP) is 4.51. The van der Waals surface area contributed by atoms with Crippen LogP contribution in [0, 0.1) is 5.92 Å². The molecule has 0 saturated heterocycles. The van der Waals surface area contributed by atoms with Crippen LogP contribution in [0.4, 0.5) is 0 Å². The van der Waals surface area contributed by atoms with E-state index in [0.717, 1.165) is 17.9 Å². The molecule has 1 aromatic carbocycles. The fraction of sp³-hybridized carbons (Fsp3) is 0.467. The molecule has 1 heterocycles. The summed E-state index contributed by atoms with van der Waals surface area (Å²) in [6, 6.07) is 7.54. The molecular weight excluding hydrogens is 260 g/mol. The molecule has 2 aromatic rings. The largest absolute Gasteiger partial charge is 0.339 e. The quantitative estimate of drug-likeness (QED) is 0.828. The summed E-state index contributed by atoms with van der Waals surface area (Å²) < 4.78 is 5.36. The van der Waals surface area contributed by atoms with Crippen LogP contribution in [0.1, 0.15) is 38.0 Å². The molecule has 1 aromatic heterocycles. The molecule has 4 heteroatoms. The van der Waals surface area contributed by atoms with E-state index >= 15 is 0 Å². The van der Waals surface area contributed by atoms with E-state index in [9.17, 15) is 0 Å². The molecule has 3 nitrogen and oxygen atoms in total. The van der Waals surface area contributed by atoms with E-state index in [1.165, 1.54) is 32.1 Å². The van der Waals surface area contributed by atoms with Gasteiger partial charge in [0.05, 0.1) is 0 Å². The van der Waals surface area contributed by atoms with Gasteiger partial charge in [-0.3, -0.25) is 0 Å². The number of halogens is 1. The maximum atomic E-state index is 5.97. The smallest absolute Gasteiger partial charge is 0.227 e. The van der Waals surface area contributed by atoms with Crippen molar-refractivity contribution in [2.75, 3.05) is 0 Å². The Balaban J connectivity index is 1.72. The summed E-state index contributed by atoms with van der Waals surface area (Å²) in [5, 5.41) is 4.74. The highest BCUT2D eigenvalue weighted by Gasteiger charge is 2.17. The highest BCUT2D eigenvalue weighted by atomic mass is 35.5. The molecule has 1 aliphatic carbocycles. The van der Waals surface area contributed by atoms with Crippen molar-refractivity contribution < 1.29 is 4.52 Å². The fourth-order valence-electron chi connectivity index (χ4n) is 2.72. The van der Waals surface area contributed by atoms with E-state index in [1.54, 1.807) is 0 Å². The van der Waals surface area contributed by atoms with Gasteiger partial charge in [-0.2, -0.15) is 4.98 Å². The Morgan fingerprint density at radius 3 is 2.84 bits per heavy atom. The Kier molecular flexibility index (Phi) is 3.83. The molecule has 0 N–H and O–H groups in total. The van der Waals surface area contributed by atoms with Gasteiger partial charge in [0.15, 0.2) is 0 Å². The van der Waals surface area contributed by atoms with Crippen LogP contribution in [0.2, 0.25) is 5.02 Å². The first-order valence-corrected chi connectivity index (χ1v) is 7.27. The lowest BCUT2D eigenvalue weighted by molar-refractivity contribution is 0.305. The summed E-state index contributed by atoms with van der Waals surface area (Å²) in [6.07, 6.45) is 7.52. The van der Waals surface area contributed by atoms with Crippen LogP contribution in [-0.4, -0.2) is 10.1 Å². The first-order chi connectivity index (χ1) is 9.31. The zero-order valence-corrected chi connectivity index (χ0v) is 11.6. The average molecular weight is 277 g/mol. The molecule has 1 saturated carbocycles. The van der Waals surface area contributed by atoms with Crippen LogP contribution in [0.3, 0.4) is 0 Å². The number of benzene rings is 1. The molecular formula is C15H17ClN2O. The fourth-order valence-corrected chi connectivity index (χ4v) is 2.91. The summed E-state index contributed by atoms with van der Waals surface area (Å²) in [7, 11) is 0. The Labute approximate surface area is 118 Å². The Morgan fingerprint density at radius 1 is 1.21 bits per heavy atom. The van der Waals surface area contributed by atoms with Crippen LogP contribution in [-0.2, 0) is 6.42 Å². The molecule has 0 aliphatic heterocycles. The van der Waals surface area contributed by atoms with Gasteiger partial charge in [0.25, 0.3) is 0 Å².